The van der Waals surface area contributed by atoms with Crippen LogP contribution < -0.4 is 21.3 Å². The predicted molar refractivity (Wildman–Crippen MR) is 88.9 cm³/mol. The van der Waals surface area contributed by atoms with Crippen molar-refractivity contribution < 1.29 is 9.53 Å². The van der Waals surface area contributed by atoms with Gasteiger partial charge in [-0.15, -0.1) is 0 Å². The van der Waals surface area contributed by atoms with Crippen LogP contribution in [0.3, 0.4) is 0 Å². The lowest BCUT2D eigenvalue weighted by Crippen LogP contribution is -2.28. The van der Waals surface area contributed by atoms with E-state index < -0.39 is 11.2 Å². The van der Waals surface area contributed by atoms with Crippen molar-refractivity contribution in [3.05, 3.63) is 55.7 Å². The third-order valence-electron chi connectivity index (χ3n) is 3.98. The fraction of sp³-hybridized carbons (Fsp3) is 0.353. The van der Waals surface area contributed by atoms with Crippen LogP contribution in [-0.2, 0) is 6.42 Å². The second-order valence-corrected chi connectivity index (χ2v) is 5.78. The standard InChI is InChI=1S/C17H19N3O4/c1-2-3-4-7-18-14(21)11-6-5-10-8-12-15(22)19-17(23)20-16(12)24-13(10)9-11/h5-6,9H,2-4,7-8H2,1H3,(H,18,21)(H2,19,20,22,23). The van der Waals surface area contributed by atoms with E-state index >= 15 is 0 Å². The molecule has 0 fully saturated rings. The fourth-order valence-electron chi connectivity index (χ4n) is 2.66. The number of carbonyl (C=O) groups is 1. The molecule has 3 rings (SSSR count). The van der Waals surface area contributed by atoms with Crippen molar-refractivity contribution in [1.82, 2.24) is 15.3 Å². The average Bonchev–Trinajstić information content (AvgIpc) is 2.56. The van der Waals surface area contributed by atoms with Crippen molar-refractivity contribution in [1.29, 1.82) is 0 Å². The molecule has 1 aliphatic heterocycles. The van der Waals surface area contributed by atoms with Gasteiger partial charge in [-0.25, -0.2) is 4.79 Å². The van der Waals surface area contributed by atoms with Gasteiger partial charge < -0.3 is 10.1 Å². The van der Waals surface area contributed by atoms with Gasteiger partial charge in [0.2, 0.25) is 5.88 Å². The number of aromatic amines is 2. The zero-order valence-corrected chi connectivity index (χ0v) is 13.4. The van der Waals surface area contributed by atoms with Crippen LogP contribution >= 0.6 is 0 Å². The van der Waals surface area contributed by atoms with Crippen molar-refractivity contribution >= 4 is 5.91 Å². The summed E-state index contributed by atoms with van der Waals surface area (Å²) in [5.74, 6) is 0.449. The molecule has 126 valence electrons. The Balaban J connectivity index is 1.79. The van der Waals surface area contributed by atoms with Gasteiger partial charge in [0.15, 0.2) is 0 Å². The molecular formula is C17H19N3O4. The monoisotopic (exact) mass is 329 g/mol. The smallest absolute Gasteiger partial charge is 0.328 e. The Morgan fingerprint density at radius 2 is 2.08 bits per heavy atom. The van der Waals surface area contributed by atoms with Crippen LogP contribution in [0.4, 0.5) is 0 Å². The summed E-state index contributed by atoms with van der Waals surface area (Å²) in [6.07, 6.45) is 3.46. The Bertz CT molecular complexity index is 882. The number of carbonyl (C=O) groups excluding carboxylic acids is 1. The minimum atomic E-state index is -0.618. The van der Waals surface area contributed by atoms with Gasteiger partial charge in [0.25, 0.3) is 11.5 Å². The van der Waals surface area contributed by atoms with Crippen LogP contribution in [0.2, 0.25) is 0 Å². The molecule has 3 N–H and O–H groups in total. The van der Waals surface area contributed by atoms with Crippen LogP contribution in [-0.4, -0.2) is 22.4 Å². The normalized spacial score (nSPS) is 12.0. The summed E-state index contributed by atoms with van der Waals surface area (Å²) in [5, 5.41) is 2.87. The number of fused-ring (bicyclic) bond motifs is 2. The highest BCUT2D eigenvalue weighted by Gasteiger charge is 2.22. The molecule has 0 atom stereocenters. The number of benzene rings is 1. The van der Waals surface area contributed by atoms with E-state index in [9.17, 15) is 14.4 Å². The number of rotatable bonds is 5. The SMILES string of the molecule is CCCCCNC(=O)c1ccc2c(c1)Oc1[nH]c(=O)[nH]c(=O)c1C2. The topological polar surface area (TPSA) is 104 Å². The second kappa shape index (κ2) is 6.74. The van der Waals surface area contributed by atoms with Crippen molar-refractivity contribution in [3.63, 3.8) is 0 Å². The fourth-order valence-corrected chi connectivity index (χ4v) is 2.66. The van der Waals surface area contributed by atoms with Crippen molar-refractivity contribution in [2.45, 2.75) is 32.6 Å². The number of hydrogen-bond acceptors (Lipinski definition) is 4. The lowest BCUT2D eigenvalue weighted by Gasteiger charge is -2.19. The summed E-state index contributed by atoms with van der Waals surface area (Å²) < 4.78 is 5.62. The van der Waals surface area contributed by atoms with Gasteiger partial charge in [-0.05, 0) is 24.1 Å². The van der Waals surface area contributed by atoms with E-state index in [-0.39, 0.29) is 11.8 Å². The Labute approximate surface area is 138 Å². The lowest BCUT2D eigenvalue weighted by molar-refractivity contribution is 0.0952. The van der Waals surface area contributed by atoms with E-state index in [2.05, 4.69) is 22.2 Å². The van der Waals surface area contributed by atoms with E-state index in [0.717, 1.165) is 24.8 Å². The van der Waals surface area contributed by atoms with E-state index in [1.54, 1.807) is 18.2 Å². The minimum Gasteiger partial charge on any atom is -0.440 e. The first kappa shape index (κ1) is 16.0. The molecule has 2 heterocycles. The summed E-state index contributed by atoms with van der Waals surface area (Å²) in [4.78, 5) is 40.0. The van der Waals surface area contributed by atoms with Crippen molar-refractivity contribution in [3.8, 4) is 11.6 Å². The Hall–Kier alpha value is -2.83. The zero-order valence-electron chi connectivity index (χ0n) is 13.4. The largest absolute Gasteiger partial charge is 0.440 e. The average molecular weight is 329 g/mol. The van der Waals surface area contributed by atoms with Gasteiger partial charge in [-0.3, -0.25) is 19.6 Å². The van der Waals surface area contributed by atoms with E-state index in [0.29, 0.717) is 29.8 Å². The minimum absolute atomic E-state index is 0.136. The number of ether oxygens (including phenoxy) is 1. The third-order valence-corrected chi connectivity index (χ3v) is 3.98. The molecule has 7 heteroatoms. The molecule has 0 bridgehead atoms. The molecule has 24 heavy (non-hydrogen) atoms. The van der Waals surface area contributed by atoms with Gasteiger partial charge in [0.1, 0.15) is 5.75 Å². The molecule has 1 aromatic heterocycles. The zero-order chi connectivity index (χ0) is 17.1. The maximum absolute atomic E-state index is 12.2. The molecule has 7 nitrogen and oxygen atoms in total. The summed E-state index contributed by atoms with van der Waals surface area (Å²) in [6.45, 7) is 2.74. The number of aromatic nitrogens is 2. The molecule has 0 unspecified atom stereocenters. The van der Waals surface area contributed by atoms with Crippen molar-refractivity contribution in [2.24, 2.45) is 0 Å². The molecule has 1 amide bonds. The summed E-state index contributed by atoms with van der Waals surface area (Å²) in [5.41, 5.74) is 0.575. The van der Waals surface area contributed by atoms with Gasteiger partial charge in [0.05, 0.1) is 5.56 Å². The Kier molecular flexibility index (Phi) is 4.50. The predicted octanol–water partition coefficient (Wildman–Crippen LogP) is 1.68. The highest BCUT2D eigenvalue weighted by molar-refractivity contribution is 5.94. The van der Waals surface area contributed by atoms with Crippen LogP contribution in [0.15, 0.2) is 27.8 Å². The van der Waals surface area contributed by atoms with Crippen LogP contribution in [0, 0.1) is 0 Å². The lowest BCUT2D eigenvalue weighted by atomic mass is 10.0. The van der Waals surface area contributed by atoms with Crippen LogP contribution in [0.25, 0.3) is 0 Å². The van der Waals surface area contributed by atoms with Crippen molar-refractivity contribution in [2.75, 3.05) is 6.54 Å². The molecule has 0 saturated carbocycles. The summed E-state index contributed by atoms with van der Waals surface area (Å²) in [6, 6.07) is 5.11. The molecule has 1 aromatic carbocycles. The third kappa shape index (κ3) is 3.24. The maximum atomic E-state index is 12.2. The summed E-state index contributed by atoms with van der Waals surface area (Å²) >= 11 is 0. The highest BCUT2D eigenvalue weighted by atomic mass is 16.5. The van der Waals surface area contributed by atoms with Crippen LogP contribution in [0.5, 0.6) is 11.6 Å². The van der Waals surface area contributed by atoms with Gasteiger partial charge in [-0.2, -0.15) is 0 Å². The molecular weight excluding hydrogens is 310 g/mol. The second-order valence-electron chi connectivity index (χ2n) is 5.78. The van der Waals surface area contributed by atoms with Gasteiger partial charge in [-0.1, -0.05) is 25.8 Å². The van der Waals surface area contributed by atoms with E-state index in [1.165, 1.54) is 0 Å². The molecule has 0 spiro atoms. The molecule has 0 radical (unpaired) electrons. The van der Waals surface area contributed by atoms with E-state index in [4.69, 9.17) is 4.74 Å². The van der Waals surface area contributed by atoms with E-state index in [1.807, 2.05) is 0 Å². The molecule has 1 aliphatic rings. The molecule has 2 aromatic rings. The Morgan fingerprint density at radius 3 is 2.88 bits per heavy atom. The number of H-pyrrole nitrogens is 2. The highest BCUT2D eigenvalue weighted by Crippen LogP contribution is 2.33. The Morgan fingerprint density at radius 1 is 1.25 bits per heavy atom. The number of nitrogens with one attached hydrogen (secondary N) is 3. The molecule has 0 aliphatic carbocycles. The quantitative estimate of drug-likeness (QED) is 0.619. The maximum Gasteiger partial charge on any atom is 0.328 e. The first-order valence-electron chi connectivity index (χ1n) is 8.03. The summed E-state index contributed by atoms with van der Waals surface area (Å²) in [7, 11) is 0. The molecule has 0 saturated heterocycles. The van der Waals surface area contributed by atoms with Gasteiger partial charge in [0, 0.05) is 18.5 Å². The first-order chi connectivity index (χ1) is 11.6. The first-order valence-corrected chi connectivity index (χ1v) is 8.03. The number of unbranched alkanes of at least 4 members (excludes halogenated alkanes) is 2. The van der Waals surface area contributed by atoms with Crippen LogP contribution in [0.1, 0.15) is 47.7 Å². The number of hydrogen-bond donors (Lipinski definition) is 3. The van der Waals surface area contributed by atoms with Gasteiger partial charge >= 0.3 is 5.69 Å². The number of amides is 1.